The maximum atomic E-state index is 11.3. The predicted octanol–water partition coefficient (Wildman–Crippen LogP) is -0.957. The van der Waals surface area contributed by atoms with Gasteiger partial charge in [0.1, 0.15) is 0 Å². The van der Waals surface area contributed by atoms with Crippen molar-refractivity contribution in [2.45, 2.75) is 0 Å². The Balaban J connectivity index is 3.16. The summed E-state index contributed by atoms with van der Waals surface area (Å²) in [5, 5.41) is 3.82. The number of hydrogen-bond acceptors (Lipinski definition) is 4. The van der Waals surface area contributed by atoms with E-state index in [1.54, 1.807) is 7.05 Å². The van der Waals surface area contributed by atoms with Crippen molar-refractivity contribution in [3.05, 3.63) is 17.5 Å². The molecule has 0 saturated heterocycles. The zero-order chi connectivity index (χ0) is 11.4. The van der Waals surface area contributed by atoms with Crippen molar-refractivity contribution in [2.24, 2.45) is 12.8 Å². The summed E-state index contributed by atoms with van der Waals surface area (Å²) < 4.78 is 5.86. The molecule has 1 rings (SSSR count). The van der Waals surface area contributed by atoms with E-state index in [4.69, 9.17) is 5.73 Å². The third-order valence-electron chi connectivity index (χ3n) is 1.64. The lowest BCUT2D eigenvalue weighted by atomic mass is 10.2. The number of esters is 1. The first-order chi connectivity index (χ1) is 7.06. The lowest BCUT2D eigenvalue weighted by Gasteiger charge is -1.99. The first-order valence-electron chi connectivity index (χ1n) is 3.98. The van der Waals surface area contributed by atoms with Crippen LogP contribution in [0.25, 0.3) is 0 Å². The van der Waals surface area contributed by atoms with Crippen LogP contribution in [-0.2, 0) is 16.6 Å². The van der Waals surface area contributed by atoms with Crippen LogP contribution in [0, 0.1) is 11.8 Å². The van der Waals surface area contributed by atoms with Gasteiger partial charge in [0, 0.05) is 13.0 Å². The van der Waals surface area contributed by atoms with Crippen LogP contribution < -0.4 is 5.73 Å². The average Bonchev–Trinajstić information content (AvgIpc) is 2.55. The van der Waals surface area contributed by atoms with Crippen LogP contribution in [0.3, 0.4) is 0 Å². The van der Waals surface area contributed by atoms with Crippen LogP contribution in [0.2, 0.25) is 0 Å². The highest BCUT2D eigenvalue weighted by Crippen LogP contribution is 2.06. The molecule has 0 fully saturated rings. The molecule has 0 aromatic carbocycles. The zero-order valence-corrected chi connectivity index (χ0v) is 8.27. The zero-order valence-electron chi connectivity index (χ0n) is 8.27. The number of methoxy groups -OCH3 is 1. The van der Waals surface area contributed by atoms with Crippen molar-refractivity contribution in [3.63, 3.8) is 0 Å². The van der Waals surface area contributed by atoms with Crippen molar-refractivity contribution in [3.8, 4) is 11.8 Å². The third-order valence-corrected chi connectivity index (χ3v) is 1.64. The van der Waals surface area contributed by atoms with Gasteiger partial charge in [-0.25, -0.2) is 4.79 Å². The molecule has 0 unspecified atom stereocenters. The second kappa shape index (κ2) is 4.28. The Hall–Kier alpha value is -2.29. The molecule has 2 N–H and O–H groups in total. The Morgan fingerprint density at radius 1 is 1.60 bits per heavy atom. The number of nitrogens with two attached hydrogens (primary N) is 1. The van der Waals surface area contributed by atoms with Crippen LogP contribution in [0.5, 0.6) is 0 Å². The third kappa shape index (κ3) is 2.34. The minimum atomic E-state index is -0.769. The van der Waals surface area contributed by atoms with E-state index in [0.29, 0.717) is 5.56 Å². The van der Waals surface area contributed by atoms with Crippen LogP contribution in [0.1, 0.15) is 16.1 Å². The van der Waals surface area contributed by atoms with E-state index in [0.717, 1.165) is 0 Å². The fourth-order valence-electron chi connectivity index (χ4n) is 0.997. The molecular formula is C9H9N3O3. The van der Waals surface area contributed by atoms with Gasteiger partial charge >= 0.3 is 5.97 Å². The summed E-state index contributed by atoms with van der Waals surface area (Å²) in [5.74, 6) is 3.23. The highest BCUT2D eigenvalue weighted by atomic mass is 16.5. The smallest absolute Gasteiger partial charge is 0.357 e. The molecule has 0 atom stereocenters. The molecule has 1 amide bonds. The number of ether oxygens (including phenoxy) is 1. The molecule has 0 radical (unpaired) electrons. The highest BCUT2D eigenvalue weighted by Gasteiger charge is 2.15. The van der Waals surface area contributed by atoms with Crippen molar-refractivity contribution in [1.29, 1.82) is 0 Å². The molecule has 0 spiro atoms. The summed E-state index contributed by atoms with van der Waals surface area (Å²) in [4.78, 5) is 21.7. The van der Waals surface area contributed by atoms with Crippen molar-refractivity contribution in [2.75, 3.05) is 7.11 Å². The number of primary amides is 1. The second-order valence-electron chi connectivity index (χ2n) is 2.64. The van der Waals surface area contributed by atoms with Crippen LogP contribution in [-0.4, -0.2) is 28.8 Å². The lowest BCUT2D eigenvalue weighted by molar-refractivity contribution is -0.112. The van der Waals surface area contributed by atoms with E-state index in [-0.39, 0.29) is 5.69 Å². The quantitative estimate of drug-likeness (QED) is 0.474. The van der Waals surface area contributed by atoms with Crippen LogP contribution in [0.15, 0.2) is 6.20 Å². The van der Waals surface area contributed by atoms with E-state index in [9.17, 15) is 9.59 Å². The molecular weight excluding hydrogens is 198 g/mol. The normalized spacial score (nSPS) is 8.93. The van der Waals surface area contributed by atoms with Gasteiger partial charge in [0.25, 0.3) is 5.91 Å². The number of carbonyl (C=O) groups excluding carboxylic acids is 2. The Morgan fingerprint density at radius 3 is 2.80 bits per heavy atom. The Kier molecular flexibility index (Phi) is 3.08. The molecule has 15 heavy (non-hydrogen) atoms. The van der Waals surface area contributed by atoms with Gasteiger partial charge in [0.2, 0.25) is 0 Å². The standard InChI is InChI=1S/C9H9N3O3/c1-12-8(9(14)15-2)6(5-11-12)3-4-7(10)13/h5H,1-2H3,(H2,10,13). The van der Waals surface area contributed by atoms with E-state index in [1.807, 2.05) is 0 Å². The average molecular weight is 207 g/mol. The van der Waals surface area contributed by atoms with E-state index < -0.39 is 11.9 Å². The Bertz CT molecular complexity index is 465. The molecule has 78 valence electrons. The monoisotopic (exact) mass is 207 g/mol. The topological polar surface area (TPSA) is 87.2 Å². The molecule has 0 aliphatic heterocycles. The number of hydrogen-bond donors (Lipinski definition) is 1. The Morgan fingerprint density at radius 2 is 2.27 bits per heavy atom. The summed E-state index contributed by atoms with van der Waals surface area (Å²) in [6, 6.07) is 0. The molecule has 0 saturated carbocycles. The van der Waals surface area contributed by atoms with Crippen LogP contribution in [0.4, 0.5) is 0 Å². The summed E-state index contributed by atoms with van der Waals surface area (Å²) in [5.41, 5.74) is 5.34. The van der Waals surface area contributed by atoms with Gasteiger partial charge in [-0.15, -0.1) is 0 Å². The summed E-state index contributed by atoms with van der Waals surface area (Å²) in [6.45, 7) is 0. The maximum Gasteiger partial charge on any atom is 0.357 e. The molecule has 6 nitrogen and oxygen atoms in total. The van der Waals surface area contributed by atoms with Gasteiger partial charge < -0.3 is 10.5 Å². The fraction of sp³-hybridized carbons (Fsp3) is 0.222. The number of carbonyl (C=O) groups is 2. The fourth-order valence-corrected chi connectivity index (χ4v) is 0.997. The molecule has 0 aliphatic rings. The molecule has 1 aromatic heterocycles. The van der Waals surface area contributed by atoms with Gasteiger partial charge in [-0.1, -0.05) is 5.92 Å². The number of amides is 1. The van der Waals surface area contributed by atoms with Crippen molar-refractivity contribution < 1.29 is 14.3 Å². The molecule has 1 aromatic rings. The first-order valence-corrected chi connectivity index (χ1v) is 3.98. The maximum absolute atomic E-state index is 11.3. The summed E-state index contributed by atoms with van der Waals surface area (Å²) in [7, 11) is 2.82. The van der Waals surface area contributed by atoms with Crippen molar-refractivity contribution >= 4 is 11.9 Å². The van der Waals surface area contributed by atoms with E-state index >= 15 is 0 Å². The summed E-state index contributed by atoms with van der Waals surface area (Å²) >= 11 is 0. The second-order valence-corrected chi connectivity index (χ2v) is 2.64. The van der Waals surface area contributed by atoms with Crippen molar-refractivity contribution in [1.82, 2.24) is 9.78 Å². The SMILES string of the molecule is COC(=O)c1c(C#CC(N)=O)cnn1C. The van der Waals surface area contributed by atoms with Gasteiger partial charge in [-0.2, -0.15) is 5.10 Å². The molecule has 0 bridgehead atoms. The molecule has 0 aliphatic carbocycles. The first kappa shape index (κ1) is 10.8. The predicted molar refractivity (Wildman–Crippen MR) is 50.6 cm³/mol. The number of rotatable bonds is 1. The van der Waals surface area contributed by atoms with Gasteiger partial charge in [0.15, 0.2) is 5.69 Å². The largest absolute Gasteiger partial charge is 0.464 e. The minimum Gasteiger partial charge on any atom is -0.464 e. The minimum absolute atomic E-state index is 0.186. The lowest BCUT2D eigenvalue weighted by Crippen LogP contribution is -2.10. The number of nitrogens with zero attached hydrogens (tertiary/aromatic N) is 2. The van der Waals surface area contributed by atoms with Crippen LogP contribution >= 0.6 is 0 Å². The highest BCUT2D eigenvalue weighted by molar-refractivity contribution is 5.94. The molecule has 1 heterocycles. The van der Waals surface area contributed by atoms with Gasteiger partial charge in [0.05, 0.1) is 18.9 Å². The van der Waals surface area contributed by atoms with E-state index in [1.165, 1.54) is 18.0 Å². The van der Waals surface area contributed by atoms with Gasteiger partial charge in [-0.05, 0) is 0 Å². The van der Waals surface area contributed by atoms with Gasteiger partial charge in [-0.3, -0.25) is 9.48 Å². The molecule has 6 heteroatoms. The summed E-state index contributed by atoms with van der Waals surface area (Å²) in [6.07, 6.45) is 1.36. The number of aromatic nitrogens is 2. The van der Waals surface area contributed by atoms with E-state index in [2.05, 4.69) is 21.7 Å². The number of aryl methyl sites for hydroxylation is 1. The Labute approximate surface area is 86.0 Å².